The third-order valence-corrected chi connectivity index (χ3v) is 4.48. The van der Waals surface area contributed by atoms with Crippen LogP contribution in [-0.2, 0) is 0 Å². The number of rotatable bonds is 6. The third-order valence-electron chi connectivity index (χ3n) is 2.96. The van der Waals surface area contributed by atoms with Gasteiger partial charge in [-0.2, -0.15) is 0 Å². The quantitative estimate of drug-likeness (QED) is 0.760. The zero-order chi connectivity index (χ0) is 12.1. The summed E-state index contributed by atoms with van der Waals surface area (Å²) in [4.78, 5) is 0. The number of hydrogen-bond acceptors (Lipinski definition) is 2. The van der Waals surface area contributed by atoms with Crippen LogP contribution in [0.1, 0.15) is 45.2 Å². The fourth-order valence-corrected chi connectivity index (χ4v) is 3.63. The third kappa shape index (κ3) is 3.36. The van der Waals surface area contributed by atoms with E-state index in [4.69, 9.17) is 23.2 Å². The van der Waals surface area contributed by atoms with Crippen LogP contribution in [-0.4, -0.2) is 6.54 Å². The lowest BCUT2D eigenvalue weighted by Gasteiger charge is -2.26. The molecule has 0 aliphatic rings. The minimum absolute atomic E-state index is 0.330. The summed E-state index contributed by atoms with van der Waals surface area (Å²) in [7, 11) is 0. The van der Waals surface area contributed by atoms with Crippen LogP contribution in [0.25, 0.3) is 0 Å². The van der Waals surface area contributed by atoms with E-state index in [9.17, 15) is 0 Å². The standard InChI is InChI=1S/C12H19Cl2NS/c1-4-8(5-2)11(15-6-3)9-7-10(13)16-12(9)14/h7-8,11,15H,4-6H2,1-3H3. The van der Waals surface area contributed by atoms with Gasteiger partial charge in [0.15, 0.2) is 0 Å². The van der Waals surface area contributed by atoms with Gasteiger partial charge < -0.3 is 5.32 Å². The van der Waals surface area contributed by atoms with Crippen molar-refractivity contribution >= 4 is 34.5 Å². The molecular weight excluding hydrogens is 261 g/mol. The Kier molecular flexibility index (Phi) is 6.12. The fraction of sp³-hybridized carbons (Fsp3) is 0.667. The number of hydrogen-bond donors (Lipinski definition) is 1. The van der Waals surface area contributed by atoms with E-state index < -0.39 is 0 Å². The molecule has 0 saturated carbocycles. The van der Waals surface area contributed by atoms with Gasteiger partial charge in [-0.15, -0.1) is 11.3 Å². The number of thiophene rings is 1. The van der Waals surface area contributed by atoms with Crippen LogP contribution in [0.4, 0.5) is 0 Å². The molecule has 0 aromatic carbocycles. The lowest BCUT2D eigenvalue weighted by Crippen LogP contribution is -2.27. The van der Waals surface area contributed by atoms with Crippen molar-refractivity contribution in [1.82, 2.24) is 5.32 Å². The average Bonchev–Trinajstić information content (AvgIpc) is 2.58. The van der Waals surface area contributed by atoms with Crippen LogP contribution in [0, 0.1) is 5.92 Å². The van der Waals surface area contributed by atoms with Gasteiger partial charge in [0.25, 0.3) is 0 Å². The summed E-state index contributed by atoms with van der Waals surface area (Å²) < 4.78 is 1.59. The van der Waals surface area contributed by atoms with Crippen LogP contribution in [0.15, 0.2) is 6.07 Å². The SMILES string of the molecule is CCNC(c1cc(Cl)sc1Cl)C(CC)CC. The van der Waals surface area contributed by atoms with Crippen LogP contribution in [0.5, 0.6) is 0 Å². The van der Waals surface area contributed by atoms with Crippen molar-refractivity contribution in [2.75, 3.05) is 6.54 Å². The Hall–Kier alpha value is 0.240. The molecule has 16 heavy (non-hydrogen) atoms. The molecule has 1 nitrogen and oxygen atoms in total. The molecule has 92 valence electrons. The van der Waals surface area contributed by atoms with Gasteiger partial charge in [0.05, 0.1) is 8.67 Å². The van der Waals surface area contributed by atoms with Crippen molar-refractivity contribution in [3.05, 3.63) is 20.3 Å². The maximum Gasteiger partial charge on any atom is 0.0992 e. The van der Waals surface area contributed by atoms with Crippen LogP contribution in [0.2, 0.25) is 8.67 Å². The Morgan fingerprint density at radius 2 is 1.88 bits per heavy atom. The zero-order valence-corrected chi connectivity index (χ0v) is 12.3. The van der Waals surface area contributed by atoms with Gasteiger partial charge in [0, 0.05) is 11.6 Å². The Bertz CT molecular complexity index is 321. The Labute approximate surface area is 112 Å². The van der Waals surface area contributed by atoms with Crippen molar-refractivity contribution in [3.63, 3.8) is 0 Å². The first-order chi connectivity index (χ1) is 7.63. The van der Waals surface area contributed by atoms with Gasteiger partial charge in [0.2, 0.25) is 0 Å². The summed E-state index contributed by atoms with van der Waals surface area (Å²) in [5, 5.41) is 3.52. The van der Waals surface area contributed by atoms with Crippen LogP contribution < -0.4 is 5.32 Å². The van der Waals surface area contributed by atoms with E-state index in [1.165, 1.54) is 11.3 Å². The Balaban J connectivity index is 2.96. The van der Waals surface area contributed by atoms with Crippen LogP contribution in [0.3, 0.4) is 0 Å². The molecule has 4 heteroatoms. The molecule has 0 amide bonds. The molecule has 1 atom stereocenters. The minimum Gasteiger partial charge on any atom is -0.310 e. The van der Waals surface area contributed by atoms with Gasteiger partial charge >= 0.3 is 0 Å². The van der Waals surface area contributed by atoms with E-state index in [-0.39, 0.29) is 0 Å². The molecule has 1 unspecified atom stereocenters. The van der Waals surface area contributed by atoms with E-state index in [1.54, 1.807) is 0 Å². The highest BCUT2D eigenvalue weighted by atomic mass is 35.5. The first kappa shape index (κ1) is 14.3. The molecule has 1 aromatic heterocycles. The summed E-state index contributed by atoms with van der Waals surface area (Å²) in [6.45, 7) is 7.52. The number of nitrogens with one attached hydrogen (secondary N) is 1. The Morgan fingerprint density at radius 1 is 1.25 bits per heavy atom. The normalized spacial score (nSPS) is 13.4. The van der Waals surface area contributed by atoms with E-state index >= 15 is 0 Å². The van der Waals surface area contributed by atoms with Gasteiger partial charge in [-0.3, -0.25) is 0 Å². The zero-order valence-electron chi connectivity index (χ0n) is 10.0. The summed E-state index contributed by atoms with van der Waals surface area (Å²) in [6, 6.07) is 2.33. The van der Waals surface area contributed by atoms with Crippen molar-refractivity contribution in [1.29, 1.82) is 0 Å². The monoisotopic (exact) mass is 279 g/mol. The smallest absolute Gasteiger partial charge is 0.0992 e. The van der Waals surface area contributed by atoms with Gasteiger partial charge in [0.1, 0.15) is 0 Å². The summed E-state index contributed by atoms with van der Waals surface area (Å²) >= 11 is 13.7. The first-order valence-corrected chi connectivity index (χ1v) is 7.39. The van der Waals surface area contributed by atoms with Crippen molar-refractivity contribution in [2.24, 2.45) is 5.92 Å². The molecule has 0 saturated heterocycles. The second kappa shape index (κ2) is 6.85. The number of halogens is 2. The molecule has 1 rings (SSSR count). The topological polar surface area (TPSA) is 12.0 Å². The van der Waals surface area contributed by atoms with Crippen molar-refractivity contribution in [2.45, 2.75) is 39.7 Å². The van der Waals surface area contributed by atoms with E-state index in [2.05, 4.69) is 26.1 Å². The maximum absolute atomic E-state index is 6.23. The van der Waals surface area contributed by atoms with Crippen molar-refractivity contribution in [3.8, 4) is 0 Å². The summed E-state index contributed by atoms with van der Waals surface area (Å²) in [5.74, 6) is 0.614. The fourth-order valence-electron chi connectivity index (χ4n) is 2.08. The highest BCUT2D eigenvalue weighted by molar-refractivity contribution is 7.20. The van der Waals surface area contributed by atoms with Gasteiger partial charge in [-0.05, 0) is 18.5 Å². The molecular formula is C12H19Cl2NS. The summed E-state index contributed by atoms with van der Waals surface area (Å²) in [5.41, 5.74) is 1.16. The first-order valence-electron chi connectivity index (χ1n) is 5.82. The van der Waals surface area contributed by atoms with Gasteiger partial charge in [-0.25, -0.2) is 0 Å². The lowest BCUT2D eigenvalue weighted by molar-refractivity contribution is 0.347. The molecule has 0 radical (unpaired) electrons. The Morgan fingerprint density at radius 3 is 2.25 bits per heavy atom. The molecule has 0 aliphatic carbocycles. The largest absolute Gasteiger partial charge is 0.310 e. The van der Waals surface area contributed by atoms with E-state index in [0.29, 0.717) is 12.0 Å². The molecule has 0 bridgehead atoms. The second-order valence-electron chi connectivity index (χ2n) is 3.89. The second-order valence-corrected chi connectivity index (χ2v) is 6.18. The van der Waals surface area contributed by atoms with Crippen molar-refractivity contribution < 1.29 is 0 Å². The van der Waals surface area contributed by atoms with Crippen LogP contribution >= 0.6 is 34.5 Å². The molecule has 1 N–H and O–H groups in total. The van der Waals surface area contributed by atoms with Gasteiger partial charge in [-0.1, -0.05) is 56.8 Å². The van der Waals surface area contributed by atoms with E-state index in [0.717, 1.165) is 33.6 Å². The van der Waals surface area contributed by atoms with E-state index in [1.807, 2.05) is 6.07 Å². The average molecular weight is 280 g/mol. The summed E-state index contributed by atoms with van der Waals surface area (Å²) in [6.07, 6.45) is 2.30. The predicted molar refractivity (Wildman–Crippen MR) is 74.8 cm³/mol. The highest BCUT2D eigenvalue weighted by Crippen LogP contribution is 2.39. The highest BCUT2D eigenvalue weighted by Gasteiger charge is 2.23. The lowest BCUT2D eigenvalue weighted by atomic mass is 9.90. The minimum atomic E-state index is 0.330. The molecule has 0 aliphatic heterocycles. The molecule has 0 spiro atoms. The molecule has 0 fully saturated rings. The predicted octanol–water partition coefficient (Wildman–Crippen LogP) is 5.14. The molecule has 1 heterocycles. The molecule has 1 aromatic rings. The maximum atomic E-state index is 6.23.